The van der Waals surface area contributed by atoms with E-state index in [1.54, 1.807) is 0 Å². The van der Waals surface area contributed by atoms with Gasteiger partial charge in [0.25, 0.3) is 5.69 Å². The van der Waals surface area contributed by atoms with E-state index in [1.165, 1.54) is 24.4 Å². The zero-order chi connectivity index (χ0) is 19.2. The number of nitrogens with zero attached hydrogens (tertiary/aromatic N) is 2. The van der Waals surface area contributed by atoms with E-state index >= 15 is 0 Å². The second-order valence-electron chi connectivity index (χ2n) is 5.58. The summed E-state index contributed by atoms with van der Waals surface area (Å²) in [5, 5.41) is 14.9. The Labute approximate surface area is 153 Å². The number of nitro benzene ring substituents is 1. The summed E-state index contributed by atoms with van der Waals surface area (Å²) in [4.78, 5) is 22.2. The fourth-order valence-corrected chi connectivity index (χ4v) is 2.42. The van der Waals surface area contributed by atoms with Crippen molar-refractivity contribution >= 4 is 17.8 Å². The highest BCUT2D eigenvalue weighted by molar-refractivity contribution is 5.82. The molecule has 0 saturated heterocycles. The van der Waals surface area contributed by atoms with Gasteiger partial charge in [0.2, 0.25) is 5.91 Å². The molecule has 1 N–H and O–H groups in total. The average Bonchev–Trinajstić information content (AvgIpc) is 3.11. The Hall–Kier alpha value is -3.81. The zero-order valence-corrected chi connectivity index (χ0v) is 14.0. The van der Waals surface area contributed by atoms with Crippen LogP contribution in [0.3, 0.4) is 0 Å². The van der Waals surface area contributed by atoms with Gasteiger partial charge in [0.05, 0.1) is 29.2 Å². The third kappa shape index (κ3) is 4.63. The van der Waals surface area contributed by atoms with E-state index in [0.717, 1.165) is 17.7 Å². The van der Waals surface area contributed by atoms with Crippen LogP contribution in [0.25, 0.3) is 11.3 Å². The Morgan fingerprint density at radius 2 is 1.96 bits per heavy atom. The van der Waals surface area contributed by atoms with Crippen molar-refractivity contribution in [3.05, 3.63) is 87.9 Å². The molecular weight excluding hydrogens is 353 g/mol. The lowest BCUT2D eigenvalue weighted by molar-refractivity contribution is -0.384. The number of benzene rings is 2. The van der Waals surface area contributed by atoms with Gasteiger partial charge in [-0.25, -0.2) is 9.82 Å². The molecule has 3 rings (SSSR count). The number of amides is 1. The molecule has 0 aliphatic heterocycles. The molecule has 0 spiro atoms. The molecule has 0 radical (unpaired) electrons. The molecule has 0 saturated carbocycles. The van der Waals surface area contributed by atoms with E-state index in [1.807, 2.05) is 30.3 Å². The Morgan fingerprint density at radius 1 is 1.19 bits per heavy atom. The molecule has 1 heterocycles. The van der Waals surface area contributed by atoms with Crippen LogP contribution in [0, 0.1) is 15.9 Å². The van der Waals surface area contributed by atoms with Gasteiger partial charge in [0.15, 0.2) is 0 Å². The molecule has 0 bridgehead atoms. The zero-order valence-electron chi connectivity index (χ0n) is 14.0. The Kier molecular flexibility index (Phi) is 5.36. The van der Waals surface area contributed by atoms with Crippen molar-refractivity contribution in [3.63, 3.8) is 0 Å². The van der Waals surface area contributed by atoms with Gasteiger partial charge in [0, 0.05) is 0 Å². The molecule has 7 nitrogen and oxygen atoms in total. The van der Waals surface area contributed by atoms with Gasteiger partial charge in [-0.15, -0.1) is 0 Å². The standard InChI is InChI=1S/C19H14FN3O4/c20-14-6-8-16(17(11-14)23(25)26)18-9-7-15(27-18)12-21-22-19(24)10-13-4-2-1-3-5-13/h1-9,11-12H,10H2,(H,22,24)/b21-12+. The van der Waals surface area contributed by atoms with Crippen LogP contribution >= 0.6 is 0 Å². The van der Waals surface area contributed by atoms with E-state index in [4.69, 9.17) is 4.42 Å². The summed E-state index contributed by atoms with van der Waals surface area (Å²) >= 11 is 0. The van der Waals surface area contributed by atoms with E-state index in [2.05, 4.69) is 10.5 Å². The summed E-state index contributed by atoms with van der Waals surface area (Å²) in [5.74, 6) is -0.527. The molecule has 1 aromatic heterocycles. The molecule has 0 atom stereocenters. The second kappa shape index (κ2) is 8.05. The monoisotopic (exact) mass is 367 g/mol. The lowest BCUT2D eigenvalue weighted by Gasteiger charge is -2.00. The lowest BCUT2D eigenvalue weighted by Crippen LogP contribution is -2.19. The smallest absolute Gasteiger partial charge is 0.283 e. The summed E-state index contributed by atoms with van der Waals surface area (Å²) in [6.07, 6.45) is 1.46. The maximum absolute atomic E-state index is 13.2. The number of hydrogen-bond acceptors (Lipinski definition) is 5. The summed E-state index contributed by atoms with van der Waals surface area (Å²) in [6, 6.07) is 15.5. The third-order valence-corrected chi connectivity index (χ3v) is 3.64. The number of hydrazone groups is 1. The number of nitro groups is 1. The molecule has 0 aliphatic carbocycles. The lowest BCUT2D eigenvalue weighted by atomic mass is 10.1. The topological polar surface area (TPSA) is 97.7 Å². The van der Waals surface area contributed by atoms with E-state index in [9.17, 15) is 19.3 Å². The fourth-order valence-electron chi connectivity index (χ4n) is 2.42. The molecule has 1 amide bonds. The molecule has 0 aliphatic rings. The van der Waals surface area contributed by atoms with E-state index in [0.29, 0.717) is 0 Å². The predicted molar refractivity (Wildman–Crippen MR) is 96.6 cm³/mol. The van der Waals surface area contributed by atoms with Crippen LogP contribution in [0.5, 0.6) is 0 Å². The second-order valence-corrected chi connectivity index (χ2v) is 5.58. The third-order valence-electron chi connectivity index (χ3n) is 3.64. The minimum absolute atomic E-state index is 0.147. The highest BCUT2D eigenvalue weighted by Gasteiger charge is 2.19. The van der Waals surface area contributed by atoms with Gasteiger partial charge in [-0.2, -0.15) is 5.10 Å². The van der Waals surface area contributed by atoms with Crippen molar-refractivity contribution in [2.45, 2.75) is 6.42 Å². The van der Waals surface area contributed by atoms with Gasteiger partial charge in [-0.3, -0.25) is 14.9 Å². The number of hydrogen-bond donors (Lipinski definition) is 1. The van der Waals surface area contributed by atoms with Crippen LogP contribution in [0.2, 0.25) is 0 Å². The summed E-state index contributed by atoms with van der Waals surface area (Å²) in [6.45, 7) is 0. The van der Waals surface area contributed by atoms with Crippen LogP contribution in [0.4, 0.5) is 10.1 Å². The summed E-state index contributed by atoms with van der Waals surface area (Å²) < 4.78 is 18.7. The number of carbonyl (C=O) groups is 1. The van der Waals surface area contributed by atoms with Crippen molar-refractivity contribution < 1.29 is 18.5 Å². The molecule has 136 valence electrons. The summed E-state index contributed by atoms with van der Waals surface area (Å²) in [5.41, 5.74) is 2.98. The van der Waals surface area contributed by atoms with Gasteiger partial charge in [0.1, 0.15) is 17.3 Å². The van der Waals surface area contributed by atoms with Crippen molar-refractivity contribution in [2.75, 3.05) is 0 Å². The molecule has 27 heavy (non-hydrogen) atoms. The first-order valence-electron chi connectivity index (χ1n) is 7.93. The van der Waals surface area contributed by atoms with Crippen molar-refractivity contribution in [2.24, 2.45) is 5.10 Å². The quantitative estimate of drug-likeness (QED) is 0.408. The molecule has 0 fully saturated rings. The van der Waals surface area contributed by atoms with E-state index in [-0.39, 0.29) is 29.4 Å². The van der Waals surface area contributed by atoms with Crippen LogP contribution in [-0.4, -0.2) is 17.0 Å². The van der Waals surface area contributed by atoms with Gasteiger partial charge in [-0.1, -0.05) is 30.3 Å². The molecule has 2 aromatic carbocycles. The molecule has 3 aromatic rings. The first kappa shape index (κ1) is 18.0. The minimum atomic E-state index is -0.708. The normalized spacial score (nSPS) is 10.9. The Bertz CT molecular complexity index is 999. The van der Waals surface area contributed by atoms with Crippen LogP contribution in [0.15, 0.2) is 70.2 Å². The van der Waals surface area contributed by atoms with E-state index < -0.39 is 16.4 Å². The average molecular weight is 367 g/mol. The maximum atomic E-state index is 13.2. The molecule has 0 unspecified atom stereocenters. The maximum Gasteiger partial charge on any atom is 0.283 e. The fraction of sp³-hybridized carbons (Fsp3) is 0.0526. The molecular formula is C19H14FN3O4. The van der Waals surface area contributed by atoms with Crippen LogP contribution in [-0.2, 0) is 11.2 Å². The highest BCUT2D eigenvalue weighted by atomic mass is 19.1. The number of halogens is 1. The van der Waals surface area contributed by atoms with Crippen molar-refractivity contribution in [1.29, 1.82) is 0 Å². The van der Waals surface area contributed by atoms with Crippen LogP contribution in [0.1, 0.15) is 11.3 Å². The van der Waals surface area contributed by atoms with Gasteiger partial charge >= 0.3 is 0 Å². The Morgan fingerprint density at radius 3 is 2.70 bits per heavy atom. The first-order chi connectivity index (χ1) is 13.0. The van der Waals surface area contributed by atoms with Gasteiger partial charge < -0.3 is 4.42 Å². The number of rotatable bonds is 6. The number of furan rings is 1. The molecule has 8 heteroatoms. The first-order valence-corrected chi connectivity index (χ1v) is 7.93. The van der Waals surface area contributed by atoms with Crippen LogP contribution < -0.4 is 5.43 Å². The summed E-state index contributed by atoms with van der Waals surface area (Å²) in [7, 11) is 0. The van der Waals surface area contributed by atoms with Crippen molar-refractivity contribution in [1.82, 2.24) is 5.43 Å². The van der Waals surface area contributed by atoms with Crippen molar-refractivity contribution in [3.8, 4) is 11.3 Å². The highest BCUT2D eigenvalue weighted by Crippen LogP contribution is 2.31. The Balaban J connectivity index is 1.67. The number of carbonyl (C=O) groups excluding carboxylic acids is 1. The SMILES string of the molecule is O=C(Cc1ccccc1)N/N=C/c1ccc(-c2ccc(F)cc2[N+](=O)[O-])o1. The minimum Gasteiger partial charge on any atom is -0.455 e. The van der Waals surface area contributed by atoms with Gasteiger partial charge in [-0.05, 0) is 29.8 Å². The largest absolute Gasteiger partial charge is 0.455 e. The number of nitrogens with one attached hydrogen (secondary N) is 1. The predicted octanol–water partition coefficient (Wildman–Crippen LogP) is 3.69.